The van der Waals surface area contributed by atoms with Crippen molar-refractivity contribution in [2.45, 2.75) is 4.90 Å². The van der Waals surface area contributed by atoms with E-state index in [2.05, 4.69) is 20.9 Å². The second kappa shape index (κ2) is 7.37. The Bertz CT molecular complexity index is 1070. The van der Waals surface area contributed by atoms with E-state index in [1.807, 2.05) is 49.6 Å². The minimum Gasteiger partial charge on any atom is -0.367 e. The molecule has 0 bridgehead atoms. The zero-order chi connectivity index (χ0) is 19.7. The highest BCUT2D eigenvalue weighted by Gasteiger charge is 2.29. The lowest BCUT2D eigenvalue weighted by molar-refractivity contribution is 0.385. The van der Waals surface area contributed by atoms with E-state index in [0.717, 1.165) is 22.3 Å². The van der Waals surface area contributed by atoms with Crippen LogP contribution in [0.2, 0.25) is 0 Å². The molecule has 0 atom stereocenters. The summed E-state index contributed by atoms with van der Waals surface area (Å²) in [6.07, 6.45) is 5.14. The molecule has 8 heteroatoms. The van der Waals surface area contributed by atoms with Crippen molar-refractivity contribution in [2.75, 3.05) is 50.1 Å². The number of piperazine rings is 1. The van der Waals surface area contributed by atoms with Gasteiger partial charge in [0.1, 0.15) is 10.7 Å². The van der Waals surface area contributed by atoms with Gasteiger partial charge in [-0.3, -0.25) is 4.98 Å². The van der Waals surface area contributed by atoms with Crippen molar-refractivity contribution in [3.63, 3.8) is 0 Å². The van der Waals surface area contributed by atoms with E-state index < -0.39 is 10.0 Å². The van der Waals surface area contributed by atoms with E-state index >= 15 is 0 Å². The number of hydrogen-bond donors (Lipinski definition) is 0. The second-order valence-electron chi connectivity index (χ2n) is 7.02. The van der Waals surface area contributed by atoms with Crippen molar-refractivity contribution < 1.29 is 8.42 Å². The first-order valence-corrected chi connectivity index (χ1v) is 10.6. The summed E-state index contributed by atoms with van der Waals surface area (Å²) in [5.74, 6) is 0.729. The standard InChI is InChI=1S/C20H23N5O2S/c1-23(2)20-8-7-17(14-22-20)28(26,27)25-11-9-24(10-12-25)19-15-21-13-16-5-3-4-6-18(16)19/h3-8,13-15H,9-12H2,1-2H3. The Hall–Kier alpha value is -2.71. The molecule has 0 unspecified atom stereocenters. The van der Waals surface area contributed by atoms with Gasteiger partial charge in [0.05, 0.1) is 11.9 Å². The van der Waals surface area contributed by atoms with Crippen molar-refractivity contribution in [1.29, 1.82) is 0 Å². The molecule has 1 aliphatic heterocycles. The molecule has 0 N–H and O–H groups in total. The van der Waals surface area contributed by atoms with E-state index in [-0.39, 0.29) is 4.90 Å². The average molecular weight is 398 g/mol. The maximum atomic E-state index is 13.0. The summed E-state index contributed by atoms with van der Waals surface area (Å²) in [5.41, 5.74) is 1.05. The summed E-state index contributed by atoms with van der Waals surface area (Å²) < 4.78 is 27.5. The Labute approximate surface area is 165 Å². The van der Waals surface area contributed by atoms with E-state index in [9.17, 15) is 8.42 Å². The van der Waals surface area contributed by atoms with Crippen LogP contribution in [-0.2, 0) is 10.0 Å². The SMILES string of the molecule is CN(C)c1ccc(S(=O)(=O)N2CCN(c3cncc4ccccc34)CC2)cn1. The number of fused-ring (bicyclic) bond motifs is 1. The highest BCUT2D eigenvalue weighted by Crippen LogP contribution is 2.27. The molecule has 4 rings (SSSR count). The van der Waals surface area contributed by atoms with Gasteiger partial charge in [0.2, 0.25) is 10.0 Å². The zero-order valence-corrected chi connectivity index (χ0v) is 16.8. The lowest BCUT2D eigenvalue weighted by Gasteiger charge is -2.35. The van der Waals surface area contributed by atoms with Gasteiger partial charge in [0.15, 0.2) is 0 Å². The molecule has 0 radical (unpaired) electrons. The molecule has 0 spiro atoms. The summed E-state index contributed by atoms with van der Waals surface area (Å²) in [5, 5.41) is 2.22. The van der Waals surface area contributed by atoms with Crippen LogP contribution in [0.5, 0.6) is 0 Å². The summed E-state index contributed by atoms with van der Waals surface area (Å²) >= 11 is 0. The number of rotatable bonds is 4. The normalized spacial score (nSPS) is 15.7. The maximum Gasteiger partial charge on any atom is 0.244 e. The number of sulfonamides is 1. The number of pyridine rings is 2. The Balaban J connectivity index is 1.51. The van der Waals surface area contributed by atoms with Gasteiger partial charge in [-0.1, -0.05) is 24.3 Å². The third kappa shape index (κ3) is 3.41. The quantitative estimate of drug-likeness (QED) is 0.672. The van der Waals surface area contributed by atoms with E-state index in [0.29, 0.717) is 26.2 Å². The van der Waals surface area contributed by atoms with Crippen LogP contribution < -0.4 is 9.80 Å². The molecule has 28 heavy (non-hydrogen) atoms. The van der Waals surface area contributed by atoms with Gasteiger partial charge >= 0.3 is 0 Å². The summed E-state index contributed by atoms with van der Waals surface area (Å²) in [4.78, 5) is 12.9. The first-order chi connectivity index (χ1) is 13.5. The molecule has 0 aliphatic carbocycles. The van der Waals surface area contributed by atoms with Crippen LogP contribution in [0.3, 0.4) is 0 Å². The molecule has 0 saturated carbocycles. The Kier molecular flexibility index (Phi) is 4.91. The molecule has 146 valence electrons. The summed E-state index contributed by atoms with van der Waals surface area (Å²) in [6, 6.07) is 11.5. The number of anilines is 2. The molecule has 2 aromatic heterocycles. The minimum atomic E-state index is -3.54. The molecule has 3 heterocycles. The molecule has 1 aliphatic rings. The van der Waals surface area contributed by atoms with Gasteiger partial charge in [0.25, 0.3) is 0 Å². The second-order valence-corrected chi connectivity index (χ2v) is 8.96. The van der Waals surface area contributed by atoms with Gasteiger partial charge in [-0.05, 0) is 12.1 Å². The molecule has 3 aromatic rings. The van der Waals surface area contributed by atoms with Crippen LogP contribution in [-0.4, -0.2) is 63.0 Å². The monoisotopic (exact) mass is 397 g/mol. The van der Waals surface area contributed by atoms with Crippen LogP contribution in [0.4, 0.5) is 11.5 Å². The average Bonchev–Trinajstić information content (AvgIpc) is 2.73. The molecular formula is C20H23N5O2S. The fraction of sp³-hybridized carbons (Fsp3) is 0.300. The van der Waals surface area contributed by atoms with Crippen molar-refractivity contribution in [1.82, 2.24) is 14.3 Å². The lowest BCUT2D eigenvalue weighted by Crippen LogP contribution is -2.48. The molecule has 7 nitrogen and oxygen atoms in total. The van der Waals surface area contributed by atoms with Gasteiger partial charge in [0, 0.05) is 63.4 Å². The summed E-state index contributed by atoms with van der Waals surface area (Å²) in [6.45, 7) is 2.11. The van der Waals surface area contributed by atoms with Crippen LogP contribution in [0.25, 0.3) is 10.8 Å². The maximum absolute atomic E-state index is 13.0. The van der Waals surface area contributed by atoms with Crippen LogP contribution in [0, 0.1) is 0 Å². The first kappa shape index (κ1) is 18.6. The zero-order valence-electron chi connectivity index (χ0n) is 16.0. The molecule has 1 aromatic carbocycles. The number of nitrogens with zero attached hydrogens (tertiary/aromatic N) is 5. The third-order valence-electron chi connectivity index (χ3n) is 5.04. The topological polar surface area (TPSA) is 69.6 Å². The van der Waals surface area contributed by atoms with Crippen LogP contribution in [0.1, 0.15) is 0 Å². The van der Waals surface area contributed by atoms with E-state index in [4.69, 9.17) is 0 Å². The van der Waals surface area contributed by atoms with Crippen molar-refractivity contribution in [3.8, 4) is 0 Å². The van der Waals surface area contributed by atoms with E-state index in [1.165, 1.54) is 10.5 Å². The van der Waals surface area contributed by atoms with Gasteiger partial charge in [-0.15, -0.1) is 0 Å². The lowest BCUT2D eigenvalue weighted by atomic mass is 10.1. The fourth-order valence-corrected chi connectivity index (χ4v) is 4.83. The van der Waals surface area contributed by atoms with Gasteiger partial charge in [-0.2, -0.15) is 4.31 Å². The number of aromatic nitrogens is 2. The van der Waals surface area contributed by atoms with Crippen molar-refractivity contribution in [2.24, 2.45) is 0 Å². The fourth-order valence-electron chi connectivity index (χ4n) is 3.46. The van der Waals surface area contributed by atoms with Crippen molar-refractivity contribution in [3.05, 3.63) is 55.0 Å². The minimum absolute atomic E-state index is 0.235. The van der Waals surface area contributed by atoms with Crippen molar-refractivity contribution >= 4 is 32.3 Å². The Morgan fingerprint density at radius 2 is 1.68 bits per heavy atom. The number of benzene rings is 1. The Morgan fingerprint density at radius 3 is 2.36 bits per heavy atom. The third-order valence-corrected chi connectivity index (χ3v) is 6.93. The highest BCUT2D eigenvalue weighted by molar-refractivity contribution is 7.89. The largest absolute Gasteiger partial charge is 0.367 e. The Morgan fingerprint density at radius 1 is 0.929 bits per heavy atom. The van der Waals surface area contributed by atoms with E-state index in [1.54, 1.807) is 12.1 Å². The predicted octanol–water partition coefficient (Wildman–Crippen LogP) is 2.21. The predicted molar refractivity (Wildman–Crippen MR) is 111 cm³/mol. The number of hydrogen-bond acceptors (Lipinski definition) is 6. The molecule has 1 fully saturated rings. The van der Waals surface area contributed by atoms with Crippen LogP contribution in [0.15, 0.2) is 59.9 Å². The van der Waals surface area contributed by atoms with Gasteiger partial charge in [-0.25, -0.2) is 13.4 Å². The molecular weight excluding hydrogens is 374 g/mol. The van der Waals surface area contributed by atoms with Crippen LogP contribution >= 0.6 is 0 Å². The van der Waals surface area contributed by atoms with Gasteiger partial charge < -0.3 is 9.80 Å². The highest BCUT2D eigenvalue weighted by atomic mass is 32.2. The molecule has 1 saturated heterocycles. The summed E-state index contributed by atoms with van der Waals surface area (Å²) in [7, 11) is 0.203. The smallest absolute Gasteiger partial charge is 0.244 e. The first-order valence-electron chi connectivity index (χ1n) is 9.18. The molecule has 0 amide bonds.